The number of hydrogen-bond donors (Lipinski definition) is 1. The van der Waals surface area contributed by atoms with E-state index in [1.165, 1.54) is 29.2 Å². The Labute approximate surface area is 210 Å². The van der Waals surface area contributed by atoms with Gasteiger partial charge in [0.15, 0.2) is 0 Å². The van der Waals surface area contributed by atoms with Gasteiger partial charge in [0, 0.05) is 50.5 Å². The van der Waals surface area contributed by atoms with Crippen molar-refractivity contribution in [1.29, 1.82) is 0 Å². The summed E-state index contributed by atoms with van der Waals surface area (Å²) in [4.78, 5) is 44.3. The van der Waals surface area contributed by atoms with Crippen molar-refractivity contribution in [2.24, 2.45) is 0 Å². The highest BCUT2D eigenvalue weighted by Crippen LogP contribution is 2.31. The summed E-state index contributed by atoms with van der Waals surface area (Å²) in [5.74, 6) is -0.997. The quantitative estimate of drug-likeness (QED) is 0.624. The van der Waals surface area contributed by atoms with E-state index in [0.29, 0.717) is 43.0 Å². The van der Waals surface area contributed by atoms with Crippen molar-refractivity contribution < 1.29 is 23.5 Å². The predicted octanol–water partition coefficient (Wildman–Crippen LogP) is 3.19. The zero-order chi connectivity index (χ0) is 25.8. The number of carbonyl (C=O) groups excluding carboxylic acids is 3. The Morgan fingerprint density at radius 3 is 2.42 bits per heavy atom. The molecule has 0 bridgehead atoms. The standard InChI is InChI=1S/C27H31FN4O4/c1-4-36-26(34)23-22(30(3)27(35)29-24(23)19-8-6-5-7-9-19)17-31-14-15-32(18(2)16-31)25(33)20-10-12-21(28)13-11-20/h5-13,18,24H,4,14-17H2,1-3H3,(H,29,35)/t18-,24+/m0/s1. The fourth-order valence-electron chi connectivity index (χ4n) is 4.74. The molecule has 3 amide bonds. The van der Waals surface area contributed by atoms with Crippen LogP contribution < -0.4 is 5.32 Å². The monoisotopic (exact) mass is 494 g/mol. The molecule has 0 aromatic heterocycles. The Balaban J connectivity index is 1.58. The first-order valence-electron chi connectivity index (χ1n) is 12.1. The van der Waals surface area contributed by atoms with E-state index >= 15 is 0 Å². The maximum Gasteiger partial charge on any atom is 0.338 e. The number of nitrogens with zero attached hydrogens (tertiary/aromatic N) is 3. The third-order valence-corrected chi connectivity index (χ3v) is 6.64. The number of halogens is 1. The summed E-state index contributed by atoms with van der Waals surface area (Å²) in [6.45, 7) is 5.86. The van der Waals surface area contributed by atoms with Gasteiger partial charge >= 0.3 is 12.0 Å². The summed E-state index contributed by atoms with van der Waals surface area (Å²) < 4.78 is 18.7. The van der Waals surface area contributed by atoms with Gasteiger partial charge in [0.2, 0.25) is 0 Å². The van der Waals surface area contributed by atoms with Crippen molar-refractivity contribution >= 4 is 17.9 Å². The molecule has 2 aromatic carbocycles. The highest BCUT2D eigenvalue weighted by Gasteiger charge is 2.38. The molecule has 2 atom stereocenters. The highest BCUT2D eigenvalue weighted by molar-refractivity contribution is 5.95. The van der Waals surface area contributed by atoms with Crippen LogP contribution in [0.4, 0.5) is 9.18 Å². The lowest BCUT2D eigenvalue weighted by Crippen LogP contribution is -2.56. The molecule has 0 saturated carbocycles. The van der Waals surface area contributed by atoms with Crippen LogP contribution in [0.25, 0.3) is 0 Å². The summed E-state index contributed by atoms with van der Waals surface area (Å²) in [6, 6.07) is 13.9. The molecule has 0 unspecified atom stereocenters. The first kappa shape index (κ1) is 25.4. The Morgan fingerprint density at radius 2 is 1.78 bits per heavy atom. The van der Waals surface area contributed by atoms with E-state index in [-0.39, 0.29) is 30.4 Å². The number of nitrogens with one attached hydrogen (secondary N) is 1. The predicted molar refractivity (Wildman–Crippen MR) is 132 cm³/mol. The van der Waals surface area contributed by atoms with Crippen LogP contribution in [-0.2, 0) is 9.53 Å². The molecule has 2 aromatic rings. The maximum atomic E-state index is 13.3. The molecule has 0 spiro atoms. The van der Waals surface area contributed by atoms with E-state index in [1.54, 1.807) is 18.9 Å². The van der Waals surface area contributed by atoms with Gasteiger partial charge in [-0.3, -0.25) is 14.6 Å². The van der Waals surface area contributed by atoms with Gasteiger partial charge in [0.05, 0.1) is 18.2 Å². The van der Waals surface area contributed by atoms with Crippen LogP contribution in [0.15, 0.2) is 65.9 Å². The maximum absolute atomic E-state index is 13.3. The summed E-state index contributed by atoms with van der Waals surface area (Å²) in [5, 5.41) is 2.92. The number of ether oxygens (including phenoxy) is 1. The molecule has 2 aliphatic rings. The minimum atomic E-state index is -0.622. The Bertz CT molecular complexity index is 1150. The summed E-state index contributed by atoms with van der Waals surface area (Å²) in [7, 11) is 1.64. The summed E-state index contributed by atoms with van der Waals surface area (Å²) in [5.41, 5.74) is 2.22. The second-order valence-corrected chi connectivity index (χ2v) is 9.02. The average Bonchev–Trinajstić information content (AvgIpc) is 2.87. The van der Waals surface area contributed by atoms with E-state index in [0.717, 1.165) is 5.56 Å². The zero-order valence-corrected chi connectivity index (χ0v) is 20.7. The third-order valence-electron chi connectivity index (χ3n) is 6.64. The van der Waals surface area contributed by atoms with Gasteiger partial charge in [-0.25, -0.2) is 14.0 Å². The molecule has 0 radical (unpaired) electrons. The third kappa shape index (κ3) is 5.26. The van der Waals surface area contributed by atoms with Crippen LogP contribution in [0.2, 0.25) is 0 Å². The van der Waals surface area contributed by atoms with Crippen LogP contribution in [0, 0.1) is 5.82 Å². The molecule has 2 heterocycles. The van der Waals surface area contributed by atoms with Crippen molar-refractivity contribution in [3.05, 3.63) is 82.8 Å². The van der Waals surface area contributed by atoms with Crippen LogP contribution >= 0.6 is 0 Å². The number of benzene rings is 2. The Kier molecular flexibility index (Phi) is 7.69. The van der Waals surface area contributed by atoms with Crippen molar-refractivity contribution in [2.45, 2.75) is 25.9 Å². The number of piperazine rings is 1. The number of carbonyl (C=O) groups is 3. The molecule has 9 heteroatoms. The van der Waals surface area contributed by atoms with E-state index < -0.39 is 12.0 Å². The molecule has 1 fully saturated rings. The highest BCUT2D eigenvalue weighted by atomic mass is 19.1. The molecule has 0 aliphatic carbocycles. The Hall–Kier alpha value is -3.72. The minimum Gasteiger partial charge on any atom is -0.463 e. The van der Waals surface area contributed by atoms with Crippen molar-refractivity contribution in [1.82, 2.24) is 20.0 Å². The van der Waals surface area contributed by atoms with Gasteiger partial charge < -0.3 is 15.0 Å². The normalized spacial score (nSPS) is 20.8. The second kappa shape index (κ2) is 10.9. The molecule has 2 aliphatic heterocycles. The van der Waals surface area contributed by atoms with Gasteiger partial charge in [0.1, 0.15) is 5.82 Å². The van der Waals surface area contributed by atoms with E-state index in [4.69, 9.17) is 4.74 Å². The van der Waals surface area contributed by atoms with Gasteiger partial charge in [0.25, 0.3) is 5.91 Å². The largest absolute Gasteiger partial charge is 0.463 e. The number of hydrogen-bond acceptors (Lipinski definition) is 5. The van der Waals surface area contributed by atoms with Gasteiger partial charge in [-0.05, 0) is 43.7 Å². The Morgan fingerprint density at radius 1 is 1.08 bits per heavy atom. The van der Waals surface area contributed by atoms with E-state index in [2.05, 4.69) is 10.2 Å². The minimum absolute atomic E-state index is 0.115. The molecule has 1 saturated heterocycles. The lowest BCUT2D eigenvalue weighted by atomic mass is 9.94. The SMILES string of the molecule is CCOC(=O)C1=C(CN2CCN(C(=O)c3ccc(F)cc3)[C@@H](C)C2)N(C)C(=O)N[C@@H]1c1ccccc1. The van der Waals surface area contributed by atoms with Gasteiger partial charge in [-0.15, -0.1) is 0 Å². The fraction of sp³-hybridized carbons (Fsp3) is 0.370. The van der Waals surface area contributed by atoms with E-state index in [9.17, 15) is 18.8 Å². The molecule has 36 heavy (non-hydrogen) atoms. The summed E-state index contributed by atoms with van der Waals surface area (Å²) in [6.07, 6.45) is 0. The van der Waals surface area contributed by atoms with Gasteiger partial charge in [-0.1, -0.05) is 30.3 Å². The zero-order valence-electron chi connectivity index (χ0n) is 20.7. The molecule has 1 N–H and O–H groups in total. The van der Waals surface area contributed by atoms with E-state index in [1.807, 2.05) is 37.3 Å². The number of rotatable bonds is 6. The summed E-state index contributed by atoms with van der Waals surface area (Å²) >= 11 is 0. The van der Waals surface area contributed by atoms with Crippen LogP contribution in [0.1, 0.15) is 35.8 Å². The number of likely N-dealkylation sites (N-methyl/N-ethyl adjacent to an activating group) is 1. The molecular formula is C27H31FN4O4. The lowest BCUT2D eigenvalue weighted by molar-refractivity contribution is -0.139. The second-order valence-electron chi connectivity index (χ2n) is 9.02. The fourth-order valence-corrected chi connectivity index (χ4v) is 4.74. The average molecular weight is 495 g/mol. The molecule has 4 rings (SSSR count). The topological polar surface area (TPSA) is 82.2 Å². The molecular weight excluding hydrogens is 463 g/mol. The smallest absolute Gasteiger partial charge is 0.338 e. The lowest BCUT2D eigenvalue weighted by Gasteiger charge is -2.42. The van der Waals surface area contributed by atoms with Crippen molar-refractivity contribution in [3.63, 3.8) is 0 Å². The van der Waals surface area contributed by atoms with Gasteiger partial charge in [-0.2, -0.15) is 0 Å². The first-order valence-corrected chi connectivity index (χ1v) is 12.1. The number of amides is 3. The van der Waals surface area contributed by atoms with Crippen molar-refractivity contribution in [3.8, 4) is 0 Å². The number of urea groups is 1. The van der Waals surface area contributed by atoms with Crippen LogP contribution in [0.3, 0.4) is 0 Å². The van der Waals surface area contributed by atoms with Crippen molar-refractivity contribution in [2.75, 3.05) is 39.8 Å². The number of esters is 1. The molecule has 190 valence electrons. The molecule has 8 nitrogen and oxygen atoms in total. The van der Waals surface area contributed by atoms with Crippen LogP contribution in [0.5, 0.6) is 0 Å². The van der Waals surface area contributed by atoms with Crippen LogP contribution in [-0.4, -0.2) is 78.5 Å². The first-order chi connectivity index (χ1) is 17.3.